The smallest absolute Gasteiger partial charge is 0.254 e. The number of aryl methyl sites for hydroxylation is 2. The second kappa shape index (κ2) is 14.5. The maximum atomic E-state index is 13.5. The molecular formula is C41H54N4O4. The van der Waals surface area contributed by atoms with Crippen LogP contribution < -0.4 is 4.90 Å². The molecule has 3 aromatic rings. The number of morpholine rings is 1. The molecule has 3 aromatic carbocycles. The third-order valence-electron chi connectivity index (χ3n) is 11.5. The van der Waals surface area contributed by atoms with Crippen LogP contribution in [0.25, 0.3) is 0 Å². The van der Waals surface area contributed by atoms with Gasteiger partial charge in [-0.25, -0.2) is 0 Å². The first-order chi connectivity index (χ1) is 23.5. The minimum Gasteiger partial charge on any atom is -0.508 e. The lowest BCUT2D eigenvalue weighted by molar-refractivity contribution is -0.140. The lowest BCUT2D eigenvalue weighted by Gasteiger charge is -2.50. The highest BCUT2D eigenvalue weighted by Gasteiger charge is 2.40. The zero-order chi connectivity index (χ0) is 34.8. The van der Waals surface area contributed by atoms with Crippen LogP contribution in [-0.4, -0.2) is 95.7 Å². The summed E-state index contributed by atoms with van der Waals surface area (Å²) in [7, 11) is 0. The van der Waals surface area contributed by atoms with Crippen LogP contribution >= 0.6 is 0 Å². The van der Waals surface area contributed by atoms with Gasteiger partial charge >= 0.3 is 0 Å². The number of carbonyl (C=O) groups is 2. The number of piperidine rings is 2. The molecule has 1 N–H and O–H groups in total. The Balaban J connectivity index is 1.12. The first-order valence-electron chi connectivity index (χ1n) is 18.1. The normalized spacial score (nSPS) is 19.1. The van der Waals surface area contributed by atoms with E-state index in [2.05, 4.69) is 71.3 Å². The zero-order valence-corrected chi connectivity index (χ0v) is 30.1. The number of carbonyl (C=O) groups excluding carboxylic acids is 2. The molecule has 2 amide bonds. The number of hydrogen-bond acceptors (Lipinski definition) is 6. The fourth-order valence-electron chi connectivity index (χ4n) is 8.23. The number of likely N-dealkylation sites (tertiary alicyclic amines) is 2. The van der Waals surface area contributed by atoms with Crippen LogP contribution in [-0.2, 0) is 21.5 Å². The van der Waals surface area contributed by atoms with Crippen LogP contribution in [0.5, 0.6) is 5.75 Å². The molecule has 3 aliphatic heterocycles. The molecule has 0 radical (unpaired) electrons. The van der Waals surface area contributed by atoms with Gasteiger partial charge in [0.25, 0.3) is 5.91 Å². The third kappa shape index (κ3) is 7.51. The molecule has 49 heavy (non-hydrogen) atoms. The van der Waals surface area contributed by atoms with Crippen LogP contribution in [0.1, 0.15) is 79.1 Å². The lowest BCUT2D eigenvalue weighted by atomic mass is 9.82. The van der Waals surface area contributed by atoms with E-state index in [9.17, 15) is 14.7 Å². The Morgan fingerprint density at radius 2 is 1.45 bits per heavy atom. The van der Waals surface area contributed by atoms with Crippen LogP contribution in [0.2, 0.25) is 0 Å². The quantitative estimate of drug-likeness (QED) is 0.304. The highest BCUT2D eigenvalue weighted by Crippen LogP contribution is 2.36. The average molecular weight is 667 g/mol. The van der Waals surface area contributed by atoms with Crippen molar-refractivity contribution >= 4 is 17.5 Å². The van der Waals surface area contributed by atoms with Gasteiger partial charge in [0.05, 0.1) is 18.6 Å². The Morgan fingerprint density at radius 1 is 0.857 bits per heavy atom. The first-order valence-corrected chi connectivity index (χ1v) is 18.1. The van der Waals surface area contributed by atoms with E-state index < -0.39 is 5.41 Å². The summed E-state index contributed by atoms with van der Waals surface area (Å²) in [5.41, 5.74) is 5.36. The van der Waals surface area contributed by atoms with Crippen molar-refractivity contribution < 1.29 is 19.4 Å². The van der Waals surface area contributed by atoms with E-state index in [1.807, 2.05) is 37.5 Å². The first kappa shape index (κ1) is 35.0. The number of hydrogen-bond donors (Lipinski definition) is 1. The Kier molecular flexibility index (Phi) is 10.4. The molecule has 0 saturated carbocycles. The monoisotopic (exact) mass is 666 g/mol. The standard InChI is InChI=1S/C41H54N4O4/c1-30-27-36(46)28-31(2)37(30)38(47)42-21-17-41(5,18-22-42)44-19-15-35(16-20-44)45(29-32-9-7-6-8-10-32)34-13-11-33(12-14-34)40(3,4)39(48)43-23-25-49-26-24-43/h6-14,27-28,35,46H,15-26,29H2,1-5H3. The van der Waals surface area contributed by atoms with Crippen LogP contribution in [0, 0.1) is 13.8 Å². The second-order valence-electron chi connectivity index (χ2n) is 15.2. The summed E-state index contributed by atoms with van der Waals surface area (Å²) in [6, 6.07) is 23.2. The van der Waals surface area contributed by atoms with Crippen molar-refractivity contribution in [3.8, 4) is 5.75 Å². The summed E-state index contributed by atoms with van der Waals surface area (Å²) < 4.78 is 5.48. The highest BCUT2D eigenvalue weighted by molar-refractivity contribution is 5.97. The molecule has 6 rings (SSSR count). The molecule has 8 nitrogen and oxygen atoms in total. The molecule has 0 spiro atoms. The highest BCUT2D eigenvalue weighted by atomic mass is 16.5. The summed E-state index contributed by atoms with van der Waals surface area (Å²) >= 11 is 0. The summed E-state index contributed by atoms with van der Waals surface area (Å²) in [5, 5.41) is 9.96. The molecular weight excluding hydrogens is 612 g/mol. The van der Waals surface area contributed by atoms with Gasteiger partial charge in [0.2, 0.25) is 5.91 Å². The van der Waals surface area contributed by atoms with Gasteiger partial charge in [-0.1, -0.05) is 42.5 Å². The van der Waals surface area contributed by atoms with E-state index in [1.54, 1.807) is 12.1 Å². The Bertz CT molecular complexity index is 1580. The summed E-state index contributed by atoms with van der Waals surface area (Å²) in [6.45, 7) is 17.1. The van der Waals surface area contributed by atoms with Gasteiger partial charge in [0, 0.05) is 68.6 Å². The Labute approximate surface area is 292 Å². The maximum Gasteiger partial charge on any atom is 0.254 e. The van der Waals surface area contributed by atoms with Crippen molar-refractivity contribution in [1.82, 2.24) is 14.7 Å². The van der Waals surface area contributed by atoms with E-state index >= 15 is 0 Å². The van der Waals surface area contributed by atoms with Crippen LogP contribution in [0.15, 0.2) is 66.7 Å². The fourth-order valence-corrected chi connectivity index (χ4v) is 8.23. The largest absolute Gasteiger partial charge is 0.508 e. The molecule has 3 saturated heterocycles. The number of anilines is 1. The number of phenolic OH excluding ortho intramolecular Hbond substituents is 1. The SMILES string of the molecule is Cc1cc(O)cc(C)c1C(=O)N1CCC(C)(N2CCC(N(Cc3ccccc3)c3ccc(C(C)(C)C(=O)N4CCOCC4)cc3)CC2)CC1. The molecule has 8 heteroatoms. The second-order valence-corrected chi connectivity index (χ2v) is 15.2. The van der Waals surface area contributed by atoms with Gasteiger partial charge in [-0.3, -0.25) is 14.5 Å². The van der Waals surface area contributed by atoms with Crippen LogP contribution in [0.3, 0.4) is 0 Å². The number of rotatable bonds is 8. The van der Waals surface area contributed by atoms with Crippen molar-refractivity contribution in [1.29, 1.82) is 0 Å². The topological polar surface area (TPSA) is 76.6 Å². The molecule has 3 aliphatic rings. The number of benzene rings is 3. The molecule has 0 atom stereocenters. The van der Waals surface area contributed by atoms with Crippen molar-refractivity contribution in [2.45, 2.75) is 83.8 Å². The van der Waals surface area contributed by atoms with E-state index in [1.165, 1.54) is 11.3 Å². The van der Waals surface area contributed by atoms with Gasteiger partial charge in [0.1, 0.15) is 5.75 Å². The Morgan fingerprint density at radius 3 is 2.04 bits per heavy atom. The van der Waals surface area contributed by atoms with Gasteiger partial charge < -0.3 is 24.5 Å². The number of nitrogens with zero attached hydrogens (tertiary/aromatic N) is 4. The summed E-state index contributed by atoms with van der Waals surface area (Å²) in [4.78, 5) is 36.2. The van der Waals surface area contributed by atoms with Gasteiger partial charge in [-0.05, 0) is 107 Å². The molecule has 0 bridgehead atoms. The zero-order valence-electron chi connectivity index (χ0n) is 30.1. The van der Waals surface area contributed by atoms with E-state index in [0.29, 0.717) is 32.3 Å². The molecule has 3 heterocycles. The van der Waals surface area contributed by atoms with Crippen molar-refractivity contribution in [2.24, 2.45) is 0 Å². The Hall–Kier alpha value is -3.88. The van der Waals surface area contributed by atoms with E-state index in [0.717, 1.165) is 80.7 Å². The fraction of sp³-hybridized carbons (Fsp3) is 0.512. The predicted molar refractivity (Wildman–Crippen MR) is 195 cm³/mol. The van der Waals surface area contributed by atoms with Gasteiger partial charge in [-0.2, -0.15) is 0 Å². The average Bonchev–Trinajstić information content (AvgIpc) is 3.11. The molecule has 0 aromatic heterocycles. The summed E-state index contributed by atoms with van der Waals surface area (Å²) in [5.74, 6) is 0.443. The van der Waals surface area contributed by atoms with Crippen molar-refractivity contribution in [2.75, 3.05) is 57.4 Å². The third-order valence-corrected chi connectivity index (χ3v) is 11.5. The van der Waals surface area contributed by atoms with Crippen molar-refractivity contribution in [3.63, 3.8) is 0 Å². The predicted octanol–water partition coefficient (Wildman–Crippen LogP) is 6.31. The van der Waals surface area contributed by atoms with E-state index in [-0.39, 0.29) is 23.1 Å². The lowest BCUT2D eigenvalue weighted by Crippen LogP contribution is -2.58. The van der Waals surface area contributed by atoms with E-state index in [4.69, 9.17) is 4.74 Å². The minimum absolute atomic E-state index is 0.0608. The molecule has 0 unspecified atom stereocenters. The van der Waals surface area contributed by atoms with Crippen molar-refractivity contribution in [3.05, 3.63) is 94.5 Å². The molecule has 3 fully saturated rings. The molecule has 262 valence electrons. The van der Waals surface area contributed by atoms with Gasteiger partial charge in [-0.15, -0.1) is 0 Å². The number of amides is 2. The minimum atomic E-state index is -0.608. The maximum absolute atomic E-state index is 13.5. The number of phenols is 1. The van der Waals surface area contributed by atoms with Crippen LogP contribution in [0.4, 0.5) is 5.69 Å². The van der Waals surface area contributed by atoms with Gasteiger partial charge in [0.15, 0.2) is 0 Å². The number of ether oxygens (including phenoxy) is 1. The molecule has 0 aliphatic carbocycles. The summed E-state index contributed by atoms with van der Waals surface area (Å²) in [6.07, 6.45) is 4.04. The number of aromatic hydroxyl groups is 1.